The average molecular weight is 361 g/mol. The third kappa shape index (κ3) is 2.85. The number of rotatable bonds is 3. The lowest BCUT2D eigenvalue weighted by atomic mass is 10.1. The van der Waals surface area contributed by atoms with Crippen LogP contribution in [0.15, 0.2) is 23.1 Å². The normalized spacial score (nSPS) is 17.3. The molecule has 0 bridgehead atoms. The highest BCUT2D eigenvalue weighted by Crippen LogP contribution is 2.38. The summed E-state index contributed by atoms with van der Waals surface area (Å²) < 4.78 is 21.0. The molecule has 1 aliphatic heterocycles. The molecule has 2 fully saturated rings. The van der Waals surface area contributed by atoms with Crippen molar-refractivity contribution < 1.29 is 23.8 Å². The number of benzene rings is 1. The summed E-state index contributed by atoms with van der Waals surface area (Å²) in [6.45, 7) is 0.912. The molecule has 8 nitrogen and oxygen atoms in total. The van der Waals surface area contributed by atoms with Crippen molar-refractivity contribution in [2.24, 2.45) is 0 Å². The molecule has 4 rings (SSSR count). The fourth-order valence-electron chi connectivity index (χ4n) is 3.24. The summed E-state index contributed by atoms with van der Waals surface area (Å²) in [7, 11) is 0. The van der Waals surface area contributed by atoms with Crippen LogP contribution < -0.4 is 20.4 Å². The topological polar surface area (TPSA) is 101 Å². The molecule has 1 saturated heterocycles. The summed E-state index contributed by atoms with van der Waals surface area (Å²) in [4.78, 5) is 36.6. The van der Waals surface area contributed by atoms with E-state index in [2.05, 4.69) is 10.1 Å². The lowest BCUT2D eigenvalue weighted by molar-refractivity contribution is -0.120. The summed E-state index contributed by atoms with van der Waals surface area (Å²) in [6.07, 6.45) is 1.52. The summed E-state index contributed by atoms with van der Waals surface area (Å²) in [5.41, 5.74) is 0.0619. The number of halogens is 1. The van der Waals surface area contributed by atoms with Crippen molar-refractivity contribution in [1.29, 1.82) is 0 Å². The molecule has 2 aromatic rings. The highest BCUT2D eigenvalue weighted by molar-refractivity contribution is 5.87. The number of carbonyl (C=O) groups excluding carboxylic acids is 1. The standard InChI is InChI=1S/C17H16FN3O5/c18-11-5-10-12(6-13(11)20-4-3-19-15(22)8-20)21(9-1-2-9)7-14(16(10)23)26-17(24)25/h5-7,9H,1-4,8H2,(H,19,22)(H,24,25). The van der Waals surface area contributed by atoms with E-state index >= 15 is 0 Å². The molecule has 0 radical (unpaired) electrons. The molecule has 1 aromatic carbocycles. The second kappa shape index (κ2) is 6.01. The van der Waals surface area contributed by atoms with Crippen molar-refractivity contribution in [3.8, 4) is 5.75 Å². The van der Waals surface area contributed by atoms with Gasteiger partial charge in [-0.2, -0.15) is 0 Å². The zero-order valence-electron chi connectivity index (χ0n) is 13.7. The molecule has 2 heterocycles. The van der Waals surface area contributed by atoms with E-state index in [0.717, 1.165) is 18.9 Å². The highest BCUT2D eigenvalue weighted by atomic mass is 19.1. The third-order valence-electron chi connectivity index (χ3n) is 4.58. The van der Waals surface area contributed by atoms with E-state index in [1.807, 2.05) is 0 Å². The largest absolute Gasteiger partial charge is 0.511 e. The van der Waals surface area contributed by atoms with Crippen molar-refractivity contribution in [1.82, 2.24) is 9.88 Å². The van der Waals surface area contributed by atoms with E-state index in [1.54, 1.807) is 15.5 Å². The molecule has 1 amide bonds. The Hall–Kier alpha value is -3.10. The minimum Gasteiger partial charge on any atom is -0.449 e. The Morgan fingerprint density at radius 1 is 1.31 bits per heavy atom. The van der Waals surface area contributed by atoms with Gasteiger partial charge in [-0.3, -0.25) is 9.59 Å². The molecule has 0 atom stereocenters. The Bertz CT molecular complexity index is 983. The first-order chi connectivity index (χ1) is 12.4. The number of pyridine rings is 1. The van der Waals surface area contributed by atoms with Crippen LogP contribution in [0.4, 0.5) is 14.9 Å². The van der Waals surface area contributed by atoms with Crippen LogP contribution in [-0.4, -0.2) is 41.4 Å². The summed E-state index contributed by atoms with van der Waals surface area (Å²) in [5, 5.41) is 11.5. The SMILES string of the molecule is O=C1CN(c2cc3c(cc2F)c(=O)c(OC(=O)O)cn3C2CC2)CCN1. The summed E-state index contributed by atoms with van der Waals surface area (Å²) in [5.74, 6) is -1.18. The van der Waals surface area contributed by atoms with Gasteiger partial charge in [-0.05, 0) is 25.0 Å². The maximum Gasteiger partial charge on any atom is 0.511 e. The van der Waals surface area contributed by atoms with Gasteiger partial charge in [0, 0.05) is 19.1 Å². The number of ether oxygens (including phenoxy) is 1. The molecule has 0 spiro atoms. The second-order valence-corrected chi connectivity index (χ2v) is 6.42. The van der Waals surface area contributed by atoms with Crippen LogP contribution in [0.3, 0.4) is 0 Å². The average Bonchev–Trinajstić information content (AvgIpc) is 3.42. The molecule has 1 saturated carbocycles. The van der Waals surface area contributed by atoms with Crippen LogP contribution in [0.25, 0.3) is 10.9 Å². The first kappa shape index (κ1) is 16.4. The number of carbonyl (C=O) groups is 2. The molecule has 1 aliphatic carbocycles. The maximum atomic E-state index is 14.7. The number of nitrogens with one attached hydrogen (secondary N) is 1. The van der Waals surface area contributed by atoms with Gasteiger partial charge in [0.15, 0.2) is 5.75 Å². The van der Waals surface area contributed by atoms with Crippen molar-refractivity contribution in [2.75, 3.05) is 24.5 Å². The number of piperazine rings is 1. The Morgan fingerprint density at radius 2 is 2.08 bits per heavy atom. The number of hydrogen-bond acceptors (Lipinski definition) is 5. The molecule has 2 N–H and O–H groups in total. The number of anilines is 1. The van der Waals surface area contributed by atoms with Crippen LogP contribution in [-0.2, 0) is 4.79 Å². The number of hydrogen-bond donors (Lipinski definition) is 2. The third-order valence-corrected chi connectivity index (χ3v) is 4.58. The van der Waals surface area contributed by atoms with Crippen molar-refractivity contribution >= 4 is 28.7 Å². The first-order valence-electron chi connectivity index (χ1n) is 8.25. The number of nitrogens with zero attached hydrogens (tertiary/aromatic N) is 2. The second-order valence-electron chi connectivity index (χ2n) is 6.42. The molecule has 0 unspecified atom stereocenters. The van der Waals surface area contributed by atoms with Crippen LogP contribution in [0.5, 0.6) is 5.75 Å². The molecule has 9 heteroatoms. The van der Waals surface area contributed by atoms with Crippen molar-refractivity contribution in [3.63, 3.8) is 0 Å². The van der Waals surface area contributed by atoms with Crippen LogP contribution in [0.1, 0.15) is 18.9 Å². The Kier molecular flexibility index (Phi) is 3.78. The van der Waals surface area contributed by atoms with Crippen LogP contribution >= 0.6 is 0 Å². The van der Waals surface area contributed by atoms with Gasteiger partial charge in [-0.1, -0.05) is 0 Å². The van der Waals surface area contributed by atoms with Crippen molar-refractivity contribution in [2.45, 2.75) is 18.9 Å². The van der Waals surface area contributed by atoms with Gasteiger partial charge in [0.05, 0.1) is 29.3 Å². The number of amides is 1. The highest BCUT2D eigenvalue weighted by Gasteiger charge is 2.28. The van der Waals surface area contributed by atoms with Gasteiger partial charge in [0.1, 0.15) is 5.82 Å². The van der Waals surface area contributed by atoms with E-state index in [4.69, 9.17) is 5.11 Å². The van der Waals surface area contributed by atoms with Crippen LogP contribution in [0, 0.1) is 5.82 Å². The predicted octanol–water partition coefficient (Wildman–Crippen LogP) is 1.47. The zero-order chi connectivity index (χ0) is 18.4. The van der Waals surface area contributed by atoms with Crippen LogP contribution in [0.2, 0.25) is 0 Å². The Morgan fingerprint density at radius 3 is 2.73 bits per heavy atom. The van der Waals surface area contributed by atoms with Gasteiger partial charge in [0.2, 0.25) is 11.3 Å². The van der Waals surface area contributed by atoms with Gasteiger partial charge < -0.3 is 24.6 Å². The molecular weight excluding hydrogens is 345 g/mol. The van der Waals surface area contributed by atoms with Gasteiger partial charge in [0.25, 0.3) is 0 Å². The summed E-state index contributed by atoms with van der Waals surface area (Å²) >= 11 is 0. The van der Waals surface area contributed by atoms with E-state index in [-0.39, 0.29) is 35.3 Å². The fraction of sp³-hybridized carbons (Fsp3) is 0.353. The maximum absolute atomic E-state index is 14.7. The van der Waals surface area contributed by atoms with Gasteiger partial charge in [-0.15, -0.1) is 0 Å². The molecule has 1 aromatic heterocycles. The van der Waals surface area contributed by atoms with E-state index in [0.29, 0.717) is 18.6 Å². The quantitative estimate of drug-likeness (QED) is 0.803. The van der Waals surface area contributed by atoms with E-state index in [1.165, 1.54) is 6.20 Å². The smallest absolute Gasteiger partial charge is 0.449 e. The first-order valence-corrected chi connectivity index (χ1v) is 8.25. The fourth-order valence-corrected chi connectivity index (χ4v) is 3.24. The number of aromatic nitrogens is 1. The number of carboxylic acid groups (broad SMARTS) is 1. The monoisotopic (exact) mass is 361 g/mol. The van der Waals surface area contributed by atoms with Gasteiger partial charge in [-0.25, -0.2) is 9.18 Å². The minimum absolute atomic E-state index is 0.0380. The molecule has 2 aliphatic rings. The molecular formula is C17H16FN3O5. The summed E-state index contributed by atoms with van der Waals surface area (Å²) in [6, 6.07) is 2.75. The zero-order valence-corrected chi connectivity index (χ0v) is 13.7. The molecule has 26 heavy (non-hydrogen) atoms. The van der Waals surface area contributed by atoms with E-state index in [9.17, 15) is 18.8 Å². The Balaban J connectivity index is 1.89. The predicted molar refractivity (Wildman–Crippen MR) is 90.3 cm³/mol. The van der Waals surface area contributed by atoms with E-state index < -0.39 is 17.4 Å². The molecule has 136 valence electrons. The lowest BCUT2D eigenvalue weighted by Crippen LogP contribution is -2.48. The Labute approximate surface area is 146 Å². The minimum atomic E-state index is -1.60. The van der Waals surface area contributed by atoms with Crippen molar-refractivity contribution in [3.05, 3.63) is 34.4 Å². The lowest BCUT2D eigenvalue weighted by Gasteiger charge is -2.29. The number of fused-ring (bicyclic) bond motifs is 1. The van der Waals surface area contributed by atoms with Gasteiger partial charge >= 0.3 is 6.16 Å².